The smallest absolute Gasteiger partial charge is 0.234 e. The molecule has 1 saturated heterocycles. The van der Waals surface area contributed by atoms with Crippen molar-refractivity contribution in [2.45, 2.75) is 38.6 Å². The Labute approximate surface area is 222 Å². The molecular formula is C27H35N5O4S. The van der Waals surface area contributed by atoms with Gasteiger partial charge >= 0.3 is 0 Å². The Bertz CT molecular complexity index is 1160. The topological polar surface area (TPSA) is 90.7 Å². The predicted octanol–water partition coefficient (Wildman–Crippen LogP) is 4.65. The molecule has 3 aromatic rings. The van der Waals surface area contributed by atoms with E-state index in [9.17, 15) is 4.79 Å². The van der Waals surface area contributed by atoms with Gasteiger partial charge in [0.15, 0.2) is 17.1 Å². The lowest BCUT2D eigenvalue weighted by Crippen LogP contribution is -2.36. The number of nitrogens with zero attached hydrogens (tertiary/aromatic N) is 4. The molecule has 1 aliphatic rings. The third-order valence-electron chi connectivity index (χ3n) is 5.87. The highest BCUT2D eigenvalue weighted by atomic mass is 32.2. The van der Waals surface area contributed by atoms with E-state index in [-0.39, 0.29) is 17.8 Å². The maximum atomic E-state index is 12.7. The Morgan fingerprint density at radius 3 is 2.51 bits per heavy atom. The lowest BCUT2D eigenvalue weighted by molar-refractivity contribution is -0.113. The van der Waals surface area contributed by atoms with Crippen LogP contribution in [0.25, 0.3) is 0 Å². The molecule has 198 valence electrons. The van der Waals surface area contributed by atoms with Crippen molar-refractivity contribution in [2.24, 2.45) is 5.92 Å². The summed E-state index contributed by atoms with van der Waals surface area (Å²) in [4.78, 5) is 15.0. The molecule has 0 saturated carbocycles. The molecule has 10 heteroatoms. The Morgan fingerprint density at radius 2 is 1.81 bits per heavy atom. The summed E-state index contributed by atoms with van der Waals surface area (Å²) in [6.07, 6.45) is -0.327. The van der Waals surface area contributed by atoms with Crippen LogP contribution in [0.1, 0.15) is 32.7 Å². The van der Waals surface area contributed by atoms with Crippen LogP contribution in [-0.4, -0.2) is 59.8 Å². The first-order valence-corrected chi connectivity index (χ1v) is 13.5. The van der Waals surface area contributed by atoms with Gasteiger partial charge in [-0.25, -0.2) is 0 Å². The number of benzene rings is 2. The van der Waals surface area contributed by atoms with E-state index < -0.39 is 0 Å². The first-order chi connectivity index (χ1) is 17.9. The van der Waals surface area contributed by atoms with E-state index in [0.29, 0.717) is 16.8 Å². The van der Waals surface area contributed by atoms with E-state index >= 15 is 0 Å². The predicted molar refractivity (Wildman–Crippen MR) is 146 cm³/mol. The molecule has 1 amide bonds. The number of rotatable bonds is 11. The second-order valence-electron chi connectivity index (χ2n) is 9.27. The number of amides is 1. The molecule has 1 aromatic heterocycles. The highest BCUT2D eigenvalue weighted by Gasteiger charge is 2.21. The van der Waals surface area contributed by atoms with Gasteiger partial charge in [0.2, 0.25) is 5.91 Å². The van der Waals surface area contributed by atoms with E-state index in [2.05, 4.69) is 34.3 Å². The largest absolute Gasteiger partial charge is 0.497 e. The van der Waals surface area contributed by atoms with Gasteiger partial charge in [0.1, 0.15) is 11.5 Å². The van der Waals surface area contributed by atoms with Gasteiger partial charge in [-0.15, -0.1) is 10.2 Å². The van der Waals surface area contributed by atoms with Gasteiger partial charge in [0.25, 0.3) is 0 Å². The molecule has 1 N–H and O–H groups in total. The van der Waals surface area contributed by atoms with E-state index in [4.69, 9.17) is 14.2 Å². The molecule has 9 nitrogen and oxygen atoms in total. The molecule has 4 rings (SSSR count). The van der Waals surface area contributed by atoms with Crippen LogP contribution >= 0.6 is 11.8 Å². The summed E-state index contributed by atoms with van der Waals surface area (Å²) in [7, 11) is 1.63. The van der Waals surface area contributed by atoms with Gasteiger partial charge in [-0.2, -0.15) is 0 Å². The highest BCUT2D eigenvalue weighted by molar-refractivity contribution is 7.99. The normalized spacial score (nSPS) is 14.5. The average molecular weight is 526 g/mol. The number of thioether (sulfide) groups is 1. The molecule has 0 aliphatic carbocycles. The quantitative estimate of drug-likeness (QED) is 0.362. The summed E-state index contributed by atoms with van der Waals surface area (Å²) in [6.45, 7) is 10.2. The van der Waals surface area contributed by atoms with E-state index in [1.165, 1.54) is 11.8 Å². The SMILES string of the molecule is COc1cccc(OC(C)c2nnc(SCC(=O)Nc3ccc(N4CCOCC4)cc3)n2CC(C)C)c1. The van der Waals surface area contributed by atoms with E-state index in [1.807, 2.05) is 60.0 Å². The summed E-state index contributed by atoms with van der Waals surface area (Å²) < 4.78 is 18.9. The molecule has 2 aromatic carbocycles. The molecule has 0 spiro atoms. The first kappa shape index (κ1) is 26.8. The maximum absolute atomic E-state index is 12.7. The third-order valence-corrected chi connectivity index (χ3v) is 6.84. The molecule has 0 radical (unpaired) electrons. The lowest BCUT2D eigenvalue weighted by atomic mass is 10.2. The number of carbonyl (C=O) groups is 1. The summed E-state index contributed by atoms with van der Waals surface area (Å²) in [5, 5.41) is 12.5. The van der Waals surface area contributed by atoms with Crippen molar-refractivity contribution in [3.8, 4) is 11.5 Å². The number of ether oxygens (including phenoxy) is 3. The van der Waals surface area contributed by atoms with Gasteiger partial charge in [0.05, 0.1) is 26.1 Å². The zero-order valence-electron chi connectivity index (χ0n) is 21.8. The number of morpholine rings is 1. The van der Waals surface area contributed by atoms with Gasteiger partial charge in [-0.3, -0.25) is 4.79 Å². The highest BCUT2D eigenvalue weighted by Crippen LogP contribution is 2.28. The molecule has 2 heterocycles. The Hall–Kier alpha value is -3.24. The molecule has 1 atom stereocenters. The summed E-state index contributed by atoms with van der Waals surface area (Å²) >= 11 is 1.37. The van der Waals surface area contributed by atoms with E-state index in [1.54, 1.807) is 7.11 Å². The molecule has 0 bridgehead atoms. The second kappa shape index (κ2) is 12.8. The van der Waals surface area contributed by atoms with E-state index in [0.717, 1.165) is 55.8 Å². The minimum absolute atomic E-state index is 0.0922. The number of methoxy groups -OCH3 is 1. The average Bonchev–Trinajstić information content (AvgIpc) is 3.30. The Morgan fingerprint density at radius 1 is 1.08 bits per heavy atom. The van der Waals surface area contributed by atoms with Crippen LogP contribution in [0.5, 0.6) is 11.5 Å². The van der Waals surface area contributed by atoms with Crippen LogP contribution in [0.3, 0.4) is 0 Å². The number of carbonyl (C=O) groups excluding carboxylic acids is 1. The molecular weight excluding hydrogens is 490 g/mol. The van der Waals surface area contributed by atoms with Crippen molar-refractivity contribution in [2.75, 3.05) is 49.4 Å². The lowest BCUT2D eigenvalue weighted by Gasteiger charge is -2.28. The van der Waals surface area contributed by atoms with Crippen LogP contribution in [0.15, 0.2) is 53.7 Å². The van der Waals surface area contributed by atoms with Crippen molar-refractivity contribution in [3.63, 3.8) is 0 Å². The number of hydrogen-bond acceptors (Lipinski definition) is 8. The zero-order valence-corrected chi connectivity index (χ0v) is 22.7. The van der Waals surface area contributed by atoms with Crippen molar-refractivity contribution in [1.29, 1.82) is 0 Å². The minimum atomic E-state index is -0.327. The van der Waals surface area contributed by atoms with Crippen LogP contribution in [0.4, 0.5) is 11.4 Å². The van der Waals surface area contributed by atoms with Crippen molar-refractivity contribution < 1.29 is 19.0 Å². The Kier molecular flexibility index (Phi) is 9.29. The van der Waals surface area contributed by atoms with Crippen LogP contribution in [-0.2, 0) is 16.1 Å². The number of anilines is 2. The van der Waals surface area contributed by atoms with Crippen molar-refractivity contribution in [1.82, 2.24) is 14.8 Å². The molecule has 1 unspecified atom stereocenters. The second-order valence-corrected chi connectivity index (χ2v) is 10.2. The first-order valence-electron chi connectivity index (χ1n) is 12.5. The van der Waals surface area contributed by atoms with Crippen molar-refractivity contribution in [3.05, 3.63) is 54.4 Å². The fraction of sp³-hybridized carbons (Fsp3) is 0.444. The fourth-order valence-corrected chi connectivity index (χ4v) is 4.83. The Balaban J connectivity index is 1.37. The standard InChI is InChI=1S/C27H35N5O4S/c1-19(2)17-32-26(20(3)36-24-7-5-6-23(16-24)34-4)29-30-27(32)37-18-25(33)28-21-8-10-22(11-9-21)31-12-14-35-15-13-31/h5-11,16,19-20H,12-15,17-18H2,1-4H3,(H,28,33). The molecule has 1 fully saturated rings. The van der Waals surface area contributed by atoms with Crippen LogP contribution in [0.2, 0.25) is 0 Å². The van der Waals surface area contributed by atoms with Gasteiger partial charge in [-0.05, 0) is 49.2 Å². The third kappa shape index (κ3) is 7.39. The number of hydrogen-bond donors (Lipinski definition) is 1. The molecule has 37 heavy (non-hydrogen) atoms. The number of aromatic nitrogens is 3. The van der Waals surface area contributed by atoms with Crippen LogP contribution in [0, 0.1) is 5.92 Å². The van der Waals surface area contributed by atoms with Crippen molar-refractivity contribution >= 4 is 29.0 Å². The number of nitrogens with one attached hydrogen (secondary N) is 1. The summed E-state index contributed by atoms with van der Waals surface area (Å²) in [5.41, 5.74) is 1.91. The maximum Gasteiger partial charge on any atom is 0.234 e. The van der Waals surface area contributed by atoms with Crippen LogP contribution < -0.4 is 19.7 Å². The van der Waals surface area contributed by atoms with Gasteiger partial charge in [-0.1, -0.05) is 31.7 Å². The zero-order chi connectivity index (χ0) is 26.2. The monoisotopic (exact) mass is 525 g/mol. The minimum Gasteiger partial charge on any atom is -0.497 e. The molecule has 1 aliphatic heterocycles. The summed E-state index contributed by atoms with van der Waals surface area (Å²) in [6, 6.07) is 15.4. The van der Waals surface area contributed by atoms with Gasteiger partial charge in [0, 0.05) is 37.1 Å². The summed E-state index contributed by atoms with van der Waals surface area (Å²) in [5.74, 6) is 2.65. The van der Waals surface area contributed by atoms with Gasteiger partial charge < -0.3 is 29.0 Å². The fourth-order valence-electron chi connectivity index (χ4n) is 4.08.